The molecule has 1 aliphatic heterocycles. The maximum atomic E-state index is 13.8. The van der Waals surface area contributed by atoms with Crippen LogP contribution in [0.2, 0.25) is 0 Å². The molecular formula is C16H22F2N2O4S. The van der Waals surface area contributed by atoms with E-state index in [1.165, 1.54) is 0 Å². The van der Waals surface area contributed by atoms with Crippen molar-refractivity contribution in [3.05, 3.63) is 29.8 Å². The van der Waals surface area contributed by atoms with Crippen LogP contribution in [0.5, 0.6) is 0 Å². The SMILES string of the molecule is CCOC(CC)C(=O)N1CCN(S(=O)(=O)c2ccc(F)cc2F)CC1. The largest absolute Gasteiger partial charge is 0.369 e. The van der Waals surface area contributed by atoms with Crippen molar-refractivity contribution in [1.82, 2.24) is 9.21 Å². The molecule has 1 aliphatic rings. The molecule has 1 atom stereocenters. The van der Waals surface area contributed by atoms with E-state index < -0.39 is 32.7 Å². The van der Waals surface area contributed by atoms with Gasteiger partial charge in [0.25, 0.3) is 5.91 Å². The van der Waals surface area contributed by atoms with Crippen molar-refractivity contribution in [2.75, 3.05) is 32.8 Å². The number of carbonyl (C=O) groups is 1. The van der Waals surface area contributed by atoms with E-state index in [0.29, 0.717) is 19.1 Å². The van der Waals surface area contributed by atoms with Crippen molar-refractivity contribution in [2.24, 2.45) is 0 Å². The van der Waals surface area contributed by atoms with Crippen LogP contribution >= 0.6 is 0 Å². The predicted molar refractivity (Wildman–Crippen MR) is 87.4 cm³/mol. The molecule has 140 valence electrons. The average Bonchev–Trinajstić information content (AvgIpc) is 2.59. The molecular weight excluding hydrogens is 354 g/mol. The number of amides is 1. The Morgan fingerprint density at radius 3 is 2.36 bits per heavy atom. The molecule has 1 fully saturated rings. The highest BCUT2D eigenvalue weighted by Gasteiger charge is 2.33. The summed E-state index contributed by atoms with van der Waals surface area (Å²) in [4.78, 5) is 13.4. The molecule has 6 nitrogen and oxygen atoms in total. The summed E-state index contributed by atoms with van der Waals surface area (Å²) in [5.74, 6) is -2.14. The van der Waals surface area contributed by atoms with Gasteiger partial charge in [0, 0.05) is 38.9 Å². The lowest BCUT2D eigenvalue weighted by Gasteiger charge is -2.35. The number of halogens is 2. The molecule has 25 heavy (non-hydrogen) atoms. The van der Waals surface area contributed by atoms with Crippen LogP contribution in [-0.2, 0) is 19.6 Å². The van der Waals surface area contributed by atoms with Gasteiger partial charge in [0.15, 0.2) is 0 Å². The molecule has 0 radical (unpaired) electrons. The standard InChI is InChI=1S/C16H22F2N2O4S/c1-3-14(24-4-2)16(21)19-7-9-20(10-8-19)25(22,23)15-6-5-12(17)11-13(15)18/h5-6,11,14H,3-4,7-10H2,1-2H3. The summed E-state index contributed by atoms with van der Waals surface area (Å²) in [5.41, 5.74) is 0. The Hall–Kier alpha value is -1.58. The number of ether oxygens (including phenoxy) is 1. The van der Waals surface area contributed by atoms with E-state index in [1.807, 2.05) is 6.92 Å². The van der Waals surface area contributed by atoms with Gasteiger partial charge in [0.1, 0.15) is 22.6 Å². The van der Waals surface area contributed by atoms with E-state index >= 15 is 0 Å². The summed E-state index contributed by atoms with van der Waals surface area (Å²) in [6.07, 6.45) is -0.00546. The Balaban J connectivity index is 2.07. The highest BCUT2D eigenvalue weighted by Crippen LogP contribution is 2.21. The van der Waals surface area contributed by atoms with Crippen LogP contribution in [0.3, 0.4) is 0 Å². The third-order valence-corrected chi connectivity index (χ3v) is 6.01. The molecule has 9 heteroatoms. The van der Waals surface area contributed by atoms with Gasteiger partial charge in [-0.05, 0) is 25.5 Å². The van der Waals surface area contributed by atoms with Gasteiger partial charge in [-0.3, -0.25) is 4.79 Å². The van der Waals surface area contributed by atoms with E-state index in [1.54, 1.807) is 11.8 Å². The molecule has 0 aliphatic carbocycles. The summed E-state index contributed by atoms with van der Waals surface area (Å²) in [5, 5.41) is 0. The smallest absolute Gasteiger partial charge is 0.251 e. The molecule has 1 heterocycles. The van der Waals surface area contributed by atoms with E-state index in [2.05, 4.69) is 0 Å². The lowest BCUT2D eigenvalue weighted by Crippen LogP contribution is -2.53. The number of rotatable bonds is 6. The summed E-state index contributed by atoms with van der Waals surface area (Å²) in [6.45, 7) is 4.56. The van der Waals surface area contributed by atoms with Crippen LogP contribution in [0.25, 0.3) is 0 Å². The maximum Gasteiger partial charge on any atom is 0.251 e. The Morgan fingerprint density at radius 1 is 1.20 bits per heavy atom. The normalized spacial score (nSPS) is 17.5. The topological polar surface area (TPSA) is 66.9 Å². The Labute approximate surface area is 146 Å². The van der Waals surface area contributed by atoms with Crippen molar-refractivity contribution in [3.8, 4) is 0 Å². The number of nitrogens with zero attached hydrogens (tertiary/aromatic N) is 2. The molecule has 1 aromatic carbocycles. The lowest BCUT2D eigenvalue weighted by atomic mass is 10.2. The summed E-state index contributed by atoms with van der Waals surface area (Å²) in [7, 11) is -4.07. The maximum absolute atomic E-state index is 13.8. The van der Waals surface area contributed by atoms with Crippen molar-refractivity contribution in [1.29, 1.82) is 0 Å². The van der Waals surface area contributed by atoms with Gasteiger partial charge in [-0.1, -0.05) is 6.92 Å². The number of piperazine rings is 1. The second kappa shape index (κ2) is 8.20. The van der Waals surface area contributed by atoms with Crippen molar-refractivity contribution < 1.29 is 26.7 Å². The summed E-state index contributed by atoms with van der Waals surface area (Å²) >= 11 is 0. The van der Waals surface area contributed by atoms with E-state index in [-0.39, 0.29) is 32.1 Å². The highest BCUT2D eigenvalue weighted by molar-refractivity contribution is 7.89. The van der Waals surface area contributed by atoms with E-state index in [4.69, 9.17) is 4.74 Å². The van der Waals surface area contributed by atoms with Crippen LogP contribution in [0.4, 0.5) is 8.78 Å². The van der Waals surface area contributed by atoms with Crippen LogP contribution in [-0.4, -0.2) is 62.4 Å². The van der Waals surface area contributed by atoms with Crippen LogP contribution in [0.15, 0.2) is 23.1 Å². The second-order valence-electron chi connectivity index (χ2n) is 5.66. The fraction of sp³-hybridized carbons (Fsp3) is 0.562. The Bertz CT molecular complexity index is 719. The van der Waals surface area contributed by atoms with Gasteiger partial charge in [0.05, 0.1) is 0 Å². The van der Waals surface area contributed by atoms with Crippen LogP contribution in [0, 0.1) is 11.6 Å². The first-order valence-corrected chi connectivity index (χ1v) is 9.60. The Kier molecular flexibility index (Phi) is 6.47. The zero-order chi connectivity index (χ0) is 18.6. The fourth-order valence-electron chi connectivity index (χ4n) is 2.74. The van der Waals surface area contributed by atoms with Gasteiger partial charge in [-0.2, -0.15) is 4.31 Å². The molecule has 1 unspecified atom stereocenters. The van der Waals surface area contributed by atoms with Crippen molar-refractivity contribution >= 4 is 15.9 Å². The summed E-state index contributed by atoms with van der Waals surface area (Å²) < 4.78 is 58.3. The zero-order valence-electron chi connectivity index (χ0n) is 14.2. The third-order valence-electron chi connectivity index (χ3n) is 4.08. The molecule has 0 bridgehead atoms. The van der Waals surface area contributed by atoms with Gasteiger partial charge < -0.3 is 9.64 Å². The quantitative estimate of drug-likeness (QED) is 0.757. The molecule has 1 amide bonds. The molecule has 1 aromatic rings. The fourth-order valence-corrected chi connectivity index (χ4v) is 4.21. The third kappa shape index (κ3) is 4.34. The molecule has 0 saturated carbocycles. The zero-order valence-corrected chi connectivity index (χ0v) is 15.1. The molecule has 2 rings (SSSR count). The molecule has 0 aromatic heterocycles. The minimum absolute atomic E-state index is 0.0491. The van der Waals surface area contributed by atoms with E-state index in [0.717, 1.165) is 16.4 Å². The van der Waals surface area contributed by atoms with Gasteiger partial charge >= 0.3 is 0 Å². The first-order valence-electron chi connectivity index (χ1n) is 8.16. The first kappa shape index (κ1) is 19.7. The van der Waals surface area contributed by atoms with Gasteiger partial charge in [-0.25, -0.2) is 17.2 Å². The first-order chi connectivity index (χ1) is 11.8. The monoisotopic (exact) mass is 376 g/mol. The highest BCUT2D eigenvalue weighted by atomic mass is 32.2. The molecule has 0 spiro atoms. The molecule has 1 saturated heterocycles. The minimum atomic E-state index is -4.07. The summed E-state index contributed by atoms with van der Waals surface area (Å²) in [6, 6.07) is 2.37. The van der Waals surface area contributed by atoms with Crippen molar-refractivity contribution in [2.45, 2.75) is 31.3 Å². The lowest BCUT2D eigenvalue weighted by molar-refractivity contribution is -0.144. The van der Waals surface area contributed by atoms with Crippen LogP contribution in [0.1, 0.15) is 20.3 Å². The van der Waals surface area contributed by atoms with Crippen molar-refractivity contribution in [3.63, 3.8) is 0 Å². The van der Waals surface area contributed by atoms with E-state index in [9.17, 15) is 22.0 Å². The number of benzene rings is 1. The minimum Gasteiger partial charge on any atom is -0.369 e. The predicted octanol–water partition coefficient (Wildman–Crippen LogP) is 1.61. The Morgan fingerprint density at radius 2 is 1.84 bits per heavy atom. The second-order valence-corrected chi connectivity index (χ2v) is 7.56. The average molecular weight is 376 g/mol. The van der Waals surface area contributed by atoms with Gasteiger partial charge in [0.2, 0.25) is 10.0 Å². The number of sulfonamides is 1. The van der Waals surface area contributed by atoms with Crippen LogP contribution < -0.4 is 0 Å². The molecule has 0 N–H and O–H groups in total. The van der Waals surface area contributed by atoms with Gasteiger partial charge in [-0.15, -0.1) is 0 Å². The number of carbonyl (C=O) groups excluding carboxylic acids is 1. The number of hydrogen-bond donors (Lipinski definition) is 0. The number of hydrogen-bond acceptors (Lipinski definition) is 4.